The predicted octanol–water partition coefficient (Wildman–Crippen LogP) is 1.79. The lowest BCUT2D eigenvalue weighted by atomic mass is 9.83. The molecule has 1 aliphatic rings. The lowest BCUT2D eigenvalue weighted by Gasteiger charge is -2.33. The van der Waals surface area contributed by atoms with Crippen LogP contribution in [0.4, 0.5) is 0 Å². The predicted molar refractivity (Wildman–Crippen MR) is 102 cm³/mol. The molecule has 1 aromatic carbocycles. The summed E-state index contributed by atoms with van der Waals surface area (Å²) >= 11 is 0. The standard InChI is InChI=1S/C20H22N6O2/c1-13-23-19(26(25-13)15-5-3-2-4-6-15)14-7-8-18(27)16(11-14)24-20(28)17-12-21-9-10-22-17/h2-6,9-10,12,14,16,18,27H,7-8,11H2,1H3,(H,24,28)/t14-,16+,18+/m0/s1. The minimum atomic E-state index is -0.605. The molecular weight excluding hydrogens is 356 g/mol. The maximum absolute atomic E-state index is 12.4. The fraction of sp³-hybridized carbons (Fsp3) is 0.350. The van der Waals surface area contributed by atoms with Crippen LogP contribution in [0, 0.1) is 6.92 Å². The maximum atomic E-state index is 12.4. The third-order valence-electron chi connectivity index (χ3n) is 5.03. The van der Waals surface area contributed by atoms with Crippen molar-refractivity contribution >= 4 is 5.91 Å². The molecule has 0 unspecified atom stereocenters. The number of aromatic nitrogens is 5. The van der Waals surface area contributed by atoms with Crippen molar-refractivity contribution < 1.29 is 9.90 Å². The van der Waals surface area contributed by atoms with E-state index in [4.69, 9.17) is 0 Å². The zero-order chi connectivity index (χ0) is 19.5. The molecule has 1 saturated carbocycles. The Morgan fingerprint density at radius 1 is 1.21 bits per heavy atom. The third-order valence-corrected chi connectivity index (χ3v) is 5.03. The van der Waals surface area contributed by atoms with E-state index in [-0.39, 0.29) is 23.6 Å². The van der Waals surface area contributed by atoms with Gasteiger partial charge in [-0.1, -0.05) is 18.2 Å². The quantitative estimate of drug-likeness (QED) is 0.717. The molecule has 8 heteroatoms. The minimum Gasteiger partial charge on any atom is -0.391 e. The second-order valence-corrected chi connectivity index (χ2v) is 7.01. The van der Waals surface area contributed by atoms with Crippen molar-refractivity contribution in [2.75, 3.05) is 0 Å². The molecule has 8 nitrogen and oxygen atoms in total. The molecule has 1 aliphatic carbocycles. The number of amides is 1. The van der Waals surface area contributed by atoms with Crippen LogP contribution in [0.3, 0.4) is 0 Å². The molecule has 4 rings (SSSR count). The molecular formula is C20H22N6O2. The second-order valence-electron chi connectivity index (χ2n) is 7.01. The Bertz CT molecular complexity index is 944. The number of rotatable bonds is 4. The molecule has 0 saturated heterocycles. The molecule has 0 aliphatic heterocycles. The molecule has 1 amide bonds. The Hall–Kier alpha value is -3.13. The molecule has 2 N–H and O–H groups in total. The fourth-order valence-electron chi connectivity index (χ4n) is 3.66. The van der Waals surface area contributed by atoms with Crippen LogP contribution < -0.4 is 5.32 Å². The van der Waals surface area contributed by atoms with Gasteiger partial charge in [0.1, 0.15) is 17.3 Å². The molecule has 0 bridgehead atoms. The van der Waals surface area contributed by atoms with Gasteiger partial charge in [-0.05, 0) is 38.3 Å². The summed E-state index contributed by atoms with van der Waals surface area (Å²) < 4.78 is 1.86. The number of nitrogens with one attached hydrogen (secondary N) is 1. The van der Waals surface area contributed by atoms with Gasteiger partial charge in [-0.2, -0.15) is 5.10 Å². The van der Waals surface area contributed by atoms with E-state index in [9.17, 15) is 9.90 Å². The number of carbonyl (C=O) groups excluding carboxylic acids is 1. The monoisotopic (exact) mass is 378 g/mol. The van der Waals surface area contributed by atoms with Crippen LogP contribution in [0.15, 0.2) is 48.9 Å². The lowest BCUT2D eigenvalue weighted by Crippen LogP contribution is -2.47. The van der Waals surface area contributed by atoms with Gasteiger partial charge in [-0.15, -0.1) is 0 Å². The van der Waals surface area contributed by atoms with Crippen LogP contribution in [0.5, 0.6) is 0 Å². The molecule has 144 valence electrons. The summed E-state index contributed by atoms with van der Waals surface area (Å²) in [5.41, 5.74) is 1.18. The van der Waals surface area contributed by atoms with E-state index in [1.165, 1.54) is 18.6 Å². The average molecular weight is 378 g/mol. The molecule has 28 heavy (non-hydrogen) atoms. The van der Waals surface area contributed by atoms with E-state index in [0.717, 1.165) is 17.9 Å². The molecule has 2 heterocycles. The first kappa shape index (κ1) is 18.2. The van der Waals surface area contributed by atoms with E-state index in [1.807, 2.05) is 41.9 Å². The largest absolute Gasteiger partial charge is 0.391 e. The Balaban J connectivity index is 1.55. The SMILES string of the molecule is Cc1nc([C@H]2CC[C@@H](O)[C@H](NC(=O)c3cnccn3)C2)n(-c2ccccc2)n1. The molecule has 1 fully saturated rings. The summed E-state index contributed by atoms with van der Waals surface area (Å²) in [6.07, 6.45) is 5.74. The van der Waals surface area contributed by atoms with E-state index in [0.29, 0.717) is 18.7 Å². The fourth-order valence-corrected chi connectivity index (χ4v) is 3.66. The van der Waals surface area contributed by atoms with Crippen LogP contribution in [0.2, 0.25) is 0 Å². The van der Waals surface area contributed by atoms with Gasteiger partial charge in [-0.3, -0.25) is 9.78 Å². The van der Waals surface area contributed by atoms with Crippen LogP contribution in [-0.2, 0) is 0 Å². The number of aliphatic hydroxyl groups excluding tert-OH is 1. The highest BCUT2D eigenvalue weighted by Gasteiger charge is 2.34. The van der Waals surface area contributed by atoms with Gasteiger partial charge in [0.05, 0.1) is 24.0 Å². The van der Waals surface area contributed by atoms with Crippen molar-refractivity contribution in [3.05, 3.63) is 66.3 Å². The summed E-state index contributed by atoms with van der Waals surface area (Å²) in [6.45, 7) is 1.87. The van der Waals surface area contributed by atoms with Gasteiger partial charge in [0.15, 0.2) is 0 Å². The summed E-state index contributed by atoms with van der Waals surface area (Å²) in [5.74, 6) is 1.30. The molecule has 3 aromatic rings. The van der Waals surface area contributed by atoms with Crippen LogP contribution >= 0.6 is 0 Å². The second kappa shape index (κ2) is 7.85. The number of aryl methyl sites for hydroxylation is 1. The van der Waals surface area contributed by atoms with E-state index in [1.54, 1.807) is 0 Å². The van der Waals surface area contributed by atoms with E-state index in [2.05, 4.69) is 25.4 Å². The molecule has 0 spiro atoms. The summed E-state index contributed by atoms with van der Waals surface area (Å²) in [5, 5.41) is 17.9. The smallest absolute Gasteiger partial charge is 0.271 e. The normalized spacial score (nSPS) is 22.0. The van der Waals surface area contributed by atoms with Crippen molar-refractivity contribution in [3.8, 4) is 5.69 Å². The van der Waals surface area contributed by atoms with Crippen LogP contribution in [0.25, 0.3) is 5.69 Å². The number of hydrogen-bond acceptors (Lipinski definition) is 6. The van der Waals surface area contributed by atoms with Crippen molar-refractivity contribution in [1.82, 2.24) is 30.0 Å². The van der Waals surface area contributed by atoms with Gasteiger partial charge < -0.3 is 10.4 Å². The average Bonchev–Trinajstić information content (AvgIpc) is 3.12. The Morgan fingerprint density at radius 3 is 2.79 bits per heavy atom. The maximum Gasteiger partial charge on any atom is 0.271 e. The van der Waals surface area contributed by atoms with Crippen molar-refractivity contribution in [1.29, 1.82) is 0 Å². The number of nitrogens with zero attached hydrogens (tertiary/aromatic N) is 5. The van der Waals surface area contributed by atoms with Crippen molar-refractivity contribution in [3.63, 3.8) is 0 Å². The Kier molecular flexibility index (Phi) is 5.12. The molecule has 2 aromatic heterocycles. The van der Waals surface area contributed by atoms with Gasteiger partial charge in [0, 0.05) is 18.3 Å². The number of benzene rings is 1. The number of para-hydroxylation sites is 1. The van der Waals surface area contributed by atoms with E-state index >= 15 is 0 Å². The minimum absolute atomic E-state index is 0.0805. The first-order valence-electron chi connectivity index (χ1n) is 9.35. The van der Waals surface area contributed by atoms with Gasteiger partial charge in [0.25, 0.3) is 5.91 Å². The summed E-state index contributed by atoms with van der Waals surface area (Å²) in [7, 11) is 0. The number of hydrogen-bond donors (Lipinski definition) is 2. The molecule has 3 atom stereocenters. The summed E-state index contributed by atoms with van der Waals surface area (Å²) in [6, 6.07) is 9.48. The van der Waals surface area contributed by atoms with Gasteiger partial charge >= 0.3 is 0 Å². The first-order chi connectivity index (χ1) is 13.6. The van der Waals surface area contributed by atoms with Crippen LogP contribution in [-0.4, -0.2) is 47.9 Å². The zero-order valence-electron chi connectivity index (χ0n) is 15.6. The highest BCUT2D eigenvalue weighted by Crippen LogP contribution is 2.33. The highest BCUT2D eigenvalue weighted by atomic mass is 16.3. The van der Waals surface area contributed by atoms with Crippen LogP contribution in [0.1, 0.15) is 47.3 Å². The number of carbonyl (C=O) groups is 1. The highest BCUT2D eigenvalue weighted by molar-refractivity contribution is 5.92. The lowest BCUT2D eigenvalue weighted by molar-refractivity contribution is 0.0667. The Labute approximate surface area is 162 Å². The number of aliphatic hydroxyl groups is 1. The van der Waals surface area contributed by atoms with Gasteiger partial charge in [0.2, 0.25) is 0 Å². The Morgan fingerprint density at radius 2 is 2.04 bits per heavy atom. The molecule has 0 radical (unpaired) electrons. The van der Waals surface area contributed by atoms with E-state index < -0.39 is 6.10 Å². The first-order valence-corrected chi connectivity index (χ1v) is 9.35. The summed E-state index contributed by atoms with van der Waals surface area (Å²) in [4.78, 5) is 25.0. The third kappa shape index (κ3) is 3.77. The van der Waals surface area contributed by atoms with Crippen molar-refractivity contribution in [2.24, 2.45) is 0 Å². The zero-order valence-corrected chi connectivity index (χ0v) is 15.6. The van der Waals surface area contributed by atoms with Crippen molar-refractivity contribution in [2.45, 2.75) is 44.2 Å². The topological polar surface area (TPSA) is 106 Å². The van der Waals surface area contributed by atoms with Gasteiger partial charge in [-0.25, -0.2) is 14.6 Å².